The summed E-state index contributed by atoms with van der Waals surface area (Å²) in [6, 6.07) is 15.7. The van der Waals surface area contributed by atoms with Gasteiger partial charge in [0.2, 0.25) is 0 Å². The SMILES string of the molecule is Cc1nn(-c2cccc(F)c2)c2ncc3c(c12)C(=O)N(CCc1ccccc1)C3=O. The second-order valence-electron chi connectivity index (χ2n) is 7.22. The normalized spacial score (nSPS) is 13.3. The summed E-state index contributed by atoms with van der Waals surface area (Å²) in [5.74, 6) is -1.09. The fourth-order valence-electron chi connectivity index (χ4n) is 3.89. The van der Waals surface area contributed by atoms with Crippen LogP contribution in [-0.2, 0) is 6.42 Å². The van der Waals surface area contributed by atoms with Crippen molar-refractivity contribution in [1.29, 1.82) is 0 Å². The van der Waals surface area contributed by atoms with Crippen molar-refractivity contribution in [2.75, 3.05) is 6.54 Å². The number of fused-ring (bicyclic) bond motifs is 3. The maximum atomic E-state index is 13.7. The number of imide groups is 1. The molecule has 1 aliphatic rings. The molecular formula is C23H17FN4O2. The molecule has 5 rings (SSSR count). The van der Waals surface area contributed by atoms with E-state index >= 15 is 0 Å². The molecule has 4 aromatic rings. The lowest BCUT2D eigenvalue weighted by molar-refractivity contribution is 0.0656. The Morgan fingerprint density at radius 3 is 2.57 bits per heavy atom. The number of amides is 2. The molecule has 7 heteroatoms. The first kappa shape index (κ1) is 18.2. The molecule has 3 heterocycles. The Kier molecular flexibility index (Phi) is 4.17. The van der Waals surface area contributed by atoms with E-state index in [0.29, 0.717) is 34.4 Å². The lowest BCUT2D eigenvalue weighted by Crippen LogP contribution is -2.31. The second kappa shape index (κ2) is 6.88. The molecular weight excluding hydrogens is 383 g/mol. The van der Waals surface area contributed by atoms with E-state index in [9.17, 15) is 14.0 Å². The number of rotatable bonds is 4. The van der Waals surface area contributed by atoms with E-state index in [4.69, 9.17) is 0 Å². The minimum atomic E-state index is -0.395. The van der Waals surface area contributed by atoms with Crippen molar-refractivity contribution in [1.82, 2.24) is 19.7 Å². The van der Waals surface area contributed by atoms with Gasteiger partial charge in [-0.1, -0.05) is 36.4 Å². The first-order valence-corrected chi connectivity index (χ1v) is 9.59. The molecule has 0 spiro atoms. The first-order valence-electron chi connectivity index (χ1n) is 9.59. The maximum absolute atomic E-state index is 13.7. The molecule has 0 bridgehead atoms. The average Bonchev–Trinajstić information content (AvgIpc) is 3.21. The predicted molar refractivity (Wildman–Crippen MR) is 109 cm³/mol. The van der Waals surface area contributed by atoms with Gasteiger partial charge in [0.15, 0.2) is 5.65 Å². The van der Waals surface area contributed by atoms with Crippen LogP contribution in [0.5, 0.6) is 0 Å². The van der Waals surface area contributed by atoms with Crippen LogP contribution in [0.15, 0.2) is 60.8 Å². The molecule has 148 valence electrons. The number of nitrogens with zero attached hydrogens (tertiary/aromatic N) is 4. The summed E-state index contributed by atoms with van der Waals surface area (Å²) in [7, 11) is 0. The smallest absolute Gasteiger partial charge is 0.263 e. The zero-order chi connectivity index (χ0) is 20.8. The molecule has 0 N–H and O–H groups in total. The van der Waals surface area contributed by atoms with Crippen LogP contribution in [0.2, 0.25) is 0 Å². The van der Waals surface area contributed by atoms with Crippen molar-refractivity contribution < 1.29 is 14.0 Å². The monoisotopic (exact) mass is 400 g/mol. The minimum absolute atomic E-state index is 0.280. The second-order valence-corrected chi connectivity index (χ2v) is 7.22. The molecule has 2 aromatic carbocycles. The third-order valence-corrected chi connectivity index (χ3v) is 5.33. The molecule has 2 amide bonds. The largest absolute Gasteiger partial charge is 0.274 e. The highest BCUT2D eigenvalue weighted by molar-refractivity contribution is 6.26. The van der Waals surface area contributed by atoms with Gasteiger partial charge in [-0.3, -0.25) is 14.5 Å². The van der Waals surface area contributed by atoms with Crippen LogP contribution < -0.4 is 0 Å². The van der Waals surface area contributed by atoms with E-state index in [1.165, 1.54) is 27.9 Å². The first-order chi connectivity index (χ1) is 14.5. The molecule has 0 saturated heterocycles. The fourth-order valence-corrected chi connectivity index (χ4v) is 3.89. The van der Waals surface area contributed by atoms with Crippen LogP contribution in [0.1, 0.15) is 32.0 Å². The van der Waals surface area contributed by atoms with Crippen LogP contribution in [0.4, 0.5) is 4.39 Å². The maximum Gasteiger partial charge on any atom is 0.263 e. The van der Waals surface area contributed by atoms with Crippen LogP contribution >= 0.6 is 0 Å². The lowest BCUT2D eigenvalue weighted by atomic mass is 10.1. The van der Waals surface area contributed by atoms with E-state index in [1.54, 1.807) is 19.1 Å². The highest BCUT2D eigenvalue weighted by atomic mass is 19.1. The van der Waals surface area contributed by atoms with Crippen molar-refractivity contribution in [3.05, 3.63) is 89.0 Å². The van der Waals surface area contributed by atoms with E-state index in [0.717, 1.165) is 5.56 Å². The summed E-state index contributed by atoms with van der Waals surface area (Å²) >= 11 is 0. The Labute approximate surface area is 171 Å². The lowest BCUT2D eigenvalue weighted by Gasteiger charge is -2.13. The van der Waals surface area contributed by atoms with E-state index in [2.05, 4.69) is 10.1 Å². The number of aryl methyl sites for hydroxylation is 1. The third kappa shape index (κ3) is 2.78. The average molecular weight is 400 g/mol. The summed E-state index contributed by atoms with van der Waals surface area (Å²) < 4.78 is 15.2. The van der Waals surface area contributed by atoms with Gasteiger partial charge in [-0.15, -0.1) is 0 Å². The topological polar surface area (TPSA) is 68.1 Å². The summed E-state index contributed by atoms with van der Waals surface area (Å²) in [5, 5.41) is 4.99. The summed E-state index contributed by atoms with van der Waals surface area (Å²) in [6.07, 6.45) is 1.99. The molecule has 30 heavy (non-hydrogen) atoms. The molecule has 2 aromatic heterocycles. The van der Waals surface area contributed by atoms with Crippen molar-refractivity contribution in [2.24, 2.45) is 0 Å². The number of hydrogen-bond acceptors (Lipinski definition) is 4. The van der Waals surface area contributed by atoms with Gasteiger partial charge in [-0.05, 0) is 37.1 Å². The number of aromatic nitrogens is 3. The molecule has 0 saturated carbocycles. The highest BCUT2D eigenvalue weighted by Gasteiger charge is 2.38. The van der Waals surface area contributed by atoms with E-state index in [1.807, 2.05) is 30.3 Å². The third-order valence-electron chi connectivity index (χ3n) is 5.33. The van der Waals surface area contributed by atoms with Crippen molar-refractivity contribution in [2.45, 2.75) is 13.3 Å². The van der Waals surface area contributed by atoms with Crippen molar-refractivity contribution in [3.63, 3.8) is 0 Å². The van der Waals surface area contributed by atoms with Gasteiger partial charge >= 0.3 is 0 Å². The Morgan fingerprint density at radius 2 is 1.80 bits per heavy atom. The van der Waals surface area contributed by atoms with Crippen LogP contribution in [0.25, 0.3) is 16.7 Å². The molecule has 0 radical (unpaired) electrons. The predicted octanol–water partition coefficient (Wildman–Crippen LogP) is 3.71. The number of hydrogen-bond donors (Lipinski definition) is 0. The standard InChI is InChI=1S/C23H17FN4O2/c1-14-19-20-18(13-25-21(19)28(26-14)17-9-5-8-16(24)12-17)22(29)27(23(20)30)11-10-15-6-3-2-4-7-15/h2-9,12-13H,10-11H2,1H3. The Bertz CT molecular complexity index is 1310. The van der Waals surface area contributed by atoms with Gasteiger partial charge in [-0.25, -0.2) is 14.1 Å². The van der Waals surface area contributed by atoms with Gasteiger partial charge in [0, 0.05) is 12.7 Å². The molecule has 0 atom stereocenters. The van der Waals surface area contributed by atoms with Gasteiger partial charge in [0.1, 0.15) is 5.82 Å². The summed E-state index contributed by atoms with van der Waals surface area (Å²) in [6.45, 7) is 2.04. The van der Waals surface area contributed by atoms with Crippen LogP contribution in [-0.4, -0.2) is 38.0 Å². The minimum Gasteiger partial charge on any atom is -0.274 e. The van der Waals surface area contributed by atoms with Gasteiger partial charge in [0.05, 0.1) is 27.9 Å². The number of carbonyl (C=O) groups is 2. The van der Waals surface area contributed by atoms with Gasteiger partial charge in [0.25, 0.3) is 11.8 Å². The number of halogens is 1. The van der Waals surface area contributed by atoms with E-state index in [-0.39, 0.29) is 23.9 Å². The zero-order valence-electron chi connectivity index (χ0n) is 16.2. The number of benzene rings is 2. The molecule has 0 aliphatic carbocycles. The van der Waals surface area contributed by atoms with Crippen LogP contribution in [0, 0.1) is 12.7 Å². The van der Waals surface area contributed by atoms with Crippen molar-refractivity contribution in [3.8, 4) is 5.69 Å². The van der Waals surface area contributed by atoms with Crippen molar-refractivity contribution >= 4 is 22.8 Å². The Hall–Kier alpha value is -3.87. The van der Waals surface area contributed by atoms with Gasteiger partial charge in [-0.2, -0.15) is 5.10 Å². The molecule has 1 aliphatic heterocycles. The Morgan fingerprint density at radius 1 is 1.00 bits per heavy atom. The number of carbonyl (C=O) groups excluding carboxylic acids is 2. The molecule has 6 nitrogen and oxygen atoms in total. The van der Waals surface area contributed by atoms with Crippen LogP contribution in [0.3, 0.4) is 0 Å². The van der Waals surface area contributed by atoms with Gasteiger partial charge < -0.3 is 0 Å². The number of pyridine rings is 1. The molecule has 0 fully saturated rings. The summed E-state index contributed by atoms with van der Waals surface area (Å²) in [4.78, 5) is 31.7. The van der Waals surface area contributed by atoms with E-state index < -0.39 is 5.82 Å². The quantitative estimate of drug-likeness (QED) is 0.490. The molecule has 0 unspecified atom stereocenters. The zero-order valence-corrected chi connectivity index (χ0v) is 16.2. The fraction of sp³-hybridized carbons (Fsp3) is 0.130. The highest BCUT2D eigenvalue weighted by Crippen LogP contribution is 2.32. The summed E-state index contributed by atoms with van der Waals surface area (Å²) in [5.41, 5.74) is 3.12. The Balaban J connectivity index is 1.56.